The second-order valence-electron chi connectivity index (χ2n) is 11.3. The number of epoxide rings is 1. The van der Waals surface area contributed by atoms with Gasteiger partial charge in [0.15, 0.2) is 0 Å². The van der Waals surface area contributed by atoms with Crippen molar-refractivity contribution in [1.82, 2.24) is 0 Å². The molecule has 34 heavy (non-hydrogen) atoms. The number of aliphatic hydroxyl groups excluding tert-OH is 2. The summed E-state index contributed by atoms with van der Waals surface area (Å²) in [5, 5.41) is 21.6. The normalized spacial score (nSPS) is 26.4. The number of allylic oxidation sites excluding steroid dienone is 1. The van der Waals surface area contributed by atoms with Gasteiger partial charge in [-0.1, -0.05) is 53.2 Å². The number of Topliss-reactive ketones (excluding diaryl/α,β-unsaturated/α-hetero) is 1. The van der Waals surface area contributed by atoms with Crippen molar-refractivity contribution in [2.45, 2.75) is 105 Å². The lowest BCUT2D eigenvalue weighted by atomic mass is 9.70. The summed E-state index contributed by atoms with van der Waals surface area (Å²) in [5.74, 6) is -1.26. The Labute approximate surface area is 206 Å². The van der Waals surface area contributed by atoms with Gasteiger partial charge < -0.3 is 24.4 Å². The van der Waals surface area contributed by atoms with Gasteiger partial charge in [-0.3, -0.25) is 9.59 Å². The van der Waals surface area contributed by atoms with E-state index >= 15 is 0 Å². The van der Waals surface area contributed by atoms with Gasteiger partial charge in [0.2, 0.25) is 0 Å². The smallest absolute Gasteiger partial charge is 0.308 e. The van der Waals surface area contributed by atoms with Crippen LogP contribution in [-0.2, 0) is 23.8 Å². The Morgan fingerprint density at radius 1 is 1.12 bits per heavy atom. The molecular weight excluding hydrogens is 436 g/mol. The van der Waals surface area contributed by atoms with Crippen molar-refractivity contribution in [2.75, 3.05) is 14.2 Å². The van der Waals surface area contributed by atoms with E-state index in [0.29, 0.717) is 6.42 Å². The summed E-state index contributed by atoms with van der Waals surface area (Å²) in [5.41, 5.74) is -0.312. The zero-order chi connectivity index (χ0) is 26.6. The van der Waals surface area contributed by atoms with E-state index in [9.17, 15) is 19.8 Å². The van der Waals surface area contributed by atoms with Crippen LogP contribution >= 0.6 is 0 Å². The summed E-state index contributed by atoms with van der Waals surface area (Å²) in [7, 11) is 2.78. The number of hydrogen-bond donors (Lipinski definition) is 2. The van der Waals surface area contributed by atoms with Crippen LogP contribution in [0.1, 0.15) is 75.2 Å². The second-order valence-corrected chi connectivity index (χ2v) is 11.3. The van der Waals surface area contributed by atoms with Crippen molar-refractivity contribution < 1.29 is 34.0 Å². The van der Waals surface area contributed by atoms with E-state index in [0.717, 1.165) is 0 Å². The van der Waals surface area contributed by atoms with E-state index < -0.39 is 41.2 Å². The molecule has 1 fully saturated rings. The van der Waals surface area contributed by atoms with Crippen molar-refractivity contribution in [3.63, 3.8) is 0 Å². The van der Waals surface area contributed by atoms with Gasteiger partial charge in [0.1, 0.15) is 11.4 Å². The molecule has 0 aromatic heterocycles. The van der Waals surface area contributed by atoms with Crippen LogP contribution in [0.2, 0.25) is 0 Å². The van der Waals surface area contributed by atoms with Crippen LogP contribution in [0.4, 0.5) is 0 Å². The number of ketones is 1. The molecule has 198 valence electrons. The Morgan fingerprint density at radius 2 is 1.68 bits per heavy atom. The Bertz CT molecular complexity index is 726. The van der Waals surface area contributed by atoms with Gasteiger partial charge >= 0.3 is 5.97 Å². The fourth-order valence-corrected chi connectivity index (χ4v) is 5.66. The monoisotopic (exact) mass is 484 g/mol. The minimum atomic E-state index is -0.993. The molecular formula is C27H48O7. The largest absolute Gasteiger partial charge is 0.469 e. The number of carbonyl (C=O) groups is 2. The standard InChI is InChI=1S/C27H48O7/c1-15(2)12-18(5)24-27(9,34-24)23(31)17(4)13-16(3)22(30)26(7,8)25(33-11)19(6)20(28)14-21(29)32-10/h12,16-20,23-25,28,31H,13-14H2,1-11H3/t16-,17-,18-,19+,20+,23-,24-,25+,27-/m0/s1. The van der Waals surface area contributed by atoms with Gasteiger partial charge in [-0.05, 0) is 33.1 Å². The van der Waals surface area contributed by atoms with E-state index in [1.54, 1.807) is 6.92 Å². The molecule has 0 bridgehead atoms. The number of ether oxygens (including phenoxy) is 3. The Kier molecular flexibility index (Phi) is 11.0. The first-order chi connectivity index (χ1) is 15.5. The summed E-state index contributed by atoms with van der Waals surface area (Å²) in [6, 6.07) is 0. The zero-order valence-corrected chi connectivity index (χ0v) is 23.0. The maximum absolute atomic E-state index is 13.5. The van der Waals surface area contributed by atoms with Gasteiger partial charge in [0, 0.05) is 24.9 Å². The number of methoxy groups -OCH3 is 2. The molecule has 0 saturated carbocycles. The first-order valence-electron chi connectivity index (χ1n) is 12.4. The molecule has 0 unspecified atom stereocenters. The molecule has 0 amide bonds. The van der Waals surface area contributed by atoms with Crippen molar-refractivity contribution in [2.24, 2.45) is 29.1 Å². The minimum absolute atomic E-state index is 0.00755. The summed E-state index contributed by atoms with van der Waals surface area (Å²) >= 11 is 0. The highest BCUT2D eigenvalue weighted by Gasteiger charge is 2.60. The highest BCUT2D eigenvalue weighted by atomic mass is 16.6. The number of aliphatic hydroxyl groups is 2. The molecule has 0 radical (unpaired) electrons. The van der Waals surface area contributed by atoms with Crippen LogP contribution in [0.15, 0.2) is 11.6 Å². The molecule has 7 heteroatoms. The van der Waals surface area contributed by atoms with Crippen LogP contribution in [0.3, 0.4) is 0 Å². The molecule has 0 spiro atoms. The molecule has 7 nitrogen and oxygen atoms in total. The van der Waals surface area contributed by atoms with Crippen molar-refractivity contribution in [1.29, 1.82) is 0 Å². The number of hydrogen-bond acceptors (Lipinski definition) is 7. The van der Waals surface area contributed by atoms with Crippen LogP contribution in [0, 0.1) is 29.1 Å². The molecule has 0 aromatic rings. The average molecular weight is 485 g/mol. The third-order valence-corrected chi connectivity index (χ3v) is 7.55. The van der Waals surface area contributed by atoms with Crippen LogP contribution in [-0.4, -0.2) is 66.2 Å². The SMILES string of the molecule is COC(=O)C[C@@H](O)[C@@H](C)[C@@H](OC)C(C)(C)C(=O)[C@@H](C)C[C@H](C)[C@H](O)[C@]1(C)O[C@H]1[C@@H](C)C=C(C)C. The van der Waals surface area contributed by atoms with Gasteiger partial charge in [0.05, 0.1) is 43.4 Å². The number of esters is 1. The lowest BCUT2D eigenvalue weighted by Gasteiger charge is -2.39. The third kappa shape index (κ3) is 7.12. The molecule has 1 saturated heterocycles. The Balaban J connectivity index is 2.86. The average Bonchev–Trinajstić information content (AvgIpc) is 3.44. The van der Waals surface area contributed by atoms with Gasteiger partial charge in [-0.2, -0.15) is 0 Å². The molecule has 1 rings (SSSR count). The topological polar surface area (TPSA) is 106 Å². The minimum Gasteiger partial charge on any atom is -0.469 e. The van der Waals surface area contributed by atoms with Gasteiger partial charge in [0.25, 0.3) is 0 Å². The van der Waals surface area contributed by atoms with Crippen LogP contribution in [0.25, 0.3) is 0 Å². The predicted octanol–water partition coefficient (Wildman–Crippen LogP) is 3.94. The van der Waals surface area contributed by atoms with Crippen LogP contribution < -0.4 is 0 Å². The van der Waals surface area contributed by atoms with E-state index in [1.807, 2.05) is 48.5 Å². The lowest BCUT2D eigenvalue weighted by molar-refractivity contribution is -0.149. The highest BCUT2D eigenvalue weighted by molar-refractivity contribution is 5.86. The highest BCUT2D eigenvalue weighted by Crippen LogP contribution is 2.47. The first-order valence-corrected chi connectivity index (χ1v) is 12.4. The summed E-state index contributed by atoms with van der Waals surface area (Å²) in [4.78, 5) is 25.1. The number of rotatable bonds is 14. The molecule has 1 heterocycles. The molecule has 2 N–H and O–H groups in total. The molecule has 0 aromatic carbocycles. The predicted molar refractivity (Wildman–Crippen MR) is 132 cm³/mol. The van der Waals surface area contributed by atoms with Crippen molar-refractivity contribution in [3.8, 4) is 0 Å². The summed E-state index contributed by atoms with van der Waals surface area (Å²) < 4.78 is 16.3. The summed E-state index contributed by atoms with van der Waals surface area (Å²) in [6.45, 7) is 17.3. The van der Waals surface area contributed by atoms with Crippen molar-refractivity contribution in [3.05, 3.63) is 11.6 Å². The van der Waals surface area contributed by atoms with Crippen molar-refractivity contribution >= 4 is 11.8 Å². The maximum Gasteiger partial charge on any atom is 0.308 e. The lowest BCUT2D eigenvalue weighted by Crippen LogP contribution is -2.48. The maximum atomic E-state index is 13.5. The second kappa shape index (κ2) is 12.1. The summed E-state index contributed by atoms with van der Waals surface area (Å²) in [6.07, 6.45) is 0.170. The Morgan fingerprint density at radius 3 is 2.15 bits per heavy atom. The fraction of sp³-hybridized carbons (Fsp3) is 0.852. The van der Waals surface area contributed by atoms with Crippen LogP contribution in [0.5, 0.6) is 0 Å². The molecule has 1 aliphatic rings. The van der Waals surface area contributed by atoms with Gasteiger partial charge in [-0.15, -0.1) is 0 Å². The Hall–Kier alpha value is -1.28. The van der Waals surface area contributed by atoms with Gasteiger partial charge in [-0.25, -0.2) is 0 Å². The first kappa shape index (κ1) is 30.8. The molecule has 9 atom stereocenters. The van der Waals surface area contributed by atoms with E-state index in [2.05, 4.69) is 17.7 Å². The van der Waals surface area contributed by atoms with E-state index in [4.69, 9.17) is 9.47 Å². The molecule has 0 aliphatic carbocycles. The van der Waals surface area contributed by atoms with E-state index in [1.165, 1.54) is 19.8 Å². The quantitative estimate of drug-likeness (QED) is 0.218. The third-order valence-electron chi connectivity index (χ3n) is 7.55. The number of carbonyl (C=O) groups excluding carboxylic acids is 2. The fourth-order valence-electron chi connectivity index (χ4n) is 5.66. The molecule has 1 aliphatic heterocycles. The zero-order valence-electron chi connectivity index (χ0n) is 23.0. The van der Waals surface area contributed by atoms with E-state index in [-0.39, 0.29) is 36.1 Å².